The number of hydrogen-bond donors (Lipinski definition) is 2. The van der Waals surface area contributed by atoms with Gasteiger partial charge in [0.05, 0.1) is 10.0 Å². The highest BCUT2D eigenvalue weighted by Gasteiger charge is 1.92. The topological polar surface area (TPSA) is 50.4 Å². The Morgan fingerprint density at radius 3 is 3.00 bits per heavy atom. The minimum absolute atomic E-state index is 0.168. The molecule has 1 aromatic heterocycles. The Bertz CT molecular complexity index is 307. The molecule has 0 amide bonds. The molecular weight excluding hydrogens is 258 g/mol. The van der Waals surface area contributed by atoms with E-state index in [9.17, 15) is 0 Å². The van der Waals surface area contributed by atoms with Crippen molar-refractivity contribution in [2.24, 2.45) is 10.8 Å². The molecule has 0 bridgehead atoms. The van der Waals surface area contributed by atoms with Crippen molar-refractivity contribution in [1.82, 2.24) is 5.43 Å². The molecule has 0 aliphatic heterocycles. The number of nitrogens with zero attached hydrogens (tertiary/aromatic N) is 1. The number of nitrogens with two attached hydrogens (primary N) is 1. The monoisotopic (exact) mass is 263 g/mol. The summed E-state index contributed by atoms with van der Waals surface area (Å²) in [5.74, 6) is 0. The third kappa shape index (κ3) is 3.29. The van der Waals surface area contributed by atoms with Gasteiger partial charge < -0.3 is 5.73 Å². The molecule has 0 aliphatic carbocycles. The van der Waals surface area contributed by atoms with Gasteiger partial charge in [-0.25, -0.2) is 0 Å². The van der Waals surface area contributed by atoms with E-state index in [2.05, 4.69) is 38.7 Å². The zero-order chi connectivity index (χ0) is 8.97. The first-order valence-corrected chi connectivity index (χ1v) is 5.04. The fraction of sp³-hybridized carbons (Fsp3) is 0. The lowest BCUT2D eigenvalue weighted by atomic mass is 10.5. The number of hydrazone groups is 1. The molecule has 1 rings (SSSR count). The molecule has 0 spiro atoms. The number of halogens is 1. The van der Waals surface area contributed by atoms with E-state index in [0.29, 0.717) is 0 Å². The lowest BCUT2D eigenvalue weighted by molar-refractivity contribution is 1.04. The van der Waals surface area contributed by atoms with Crippen LogP contribution in [0.2, 0.25) is 0 Å². The molecule has 0 radical (unpaired) electrons. The van der Waals surface area contributed by atoms with Crippen LogP contribution in [0.15, 0.2) is 21.0 Å². The predicted molar refractivity (Wildman–Crippen MR) is 59.5 cm³/mol. The average molecular weight is 264 g/mol. The molecule has 3 nitrogen and oxygen atoms in total. The van der Waals surface area contributed by atoms with E-state index < -0.39 is 0 Å². The number of rotatable bonds is 2. The van der Waals surface area contributed by atoms with Crippen LogP contribution in [0.5, 0.6) is 0 Å². The lowest BCUT2D eigenvalue weighted by Gasteiger charge is -1.91. The van der Waals surface area contributed by atoms with Gasteiger partial charge in [-0.1, -0.05) is 0 Å². The van der Waals surface area contributed by atoms with Crippen molar-refractivity contribution < 1.29 is 0 Å². The van der Waals surface area contributed by atoms with Crippen molar-refractivity contribution in [3.63, 3.8) is 0 Å². The summed E-state index contributed by atoms with van der Waals surface area (Å²) in [6.07, 6.45) is 1.66. The van der Waals surface area contributed by atoms with E-state index in [1.165, 1.54) is 0 Å². The number of thiophene rings is 1. The van der Waals surface area contributed by atoms with Gasteiger partial charge in [0.15, 0.2) is 5.11 Å². The van der Waals surface area contributed by atoms with Gasteiger partial charge in [0, 0.05) is 4.88 Å². The third-order valence-corrected chi connectivity index (χ3v) is 2.61. The second-order valence-electron chi connectivity index (χ2n) is 1.88. The fourth-order valence-electron chi connectivity index (χ4n) is 0.557. The van der Waals surface area contributed by atoms with E-state index in [4.69, 9.17) is 5.73 Å². The van der Waals surface area contributed by atoms with Gasteiger partial charge >= 0.3 is 0 Å². The standard InChI is InChI=1S/C6H6BrN3S2/c7-5-2-1-4(12-5)3-9-10-6(8)11/h1-3H,(H3,8,10,11). The smallest absolute Gasteiger partial charge is 0.184 e. The van der Waals surface area contributed by atoms with E-state index in [1.54, 1.807) is 17.6 Å². The minimum atomic E-state index is 0.168. The van der Waals surface area contributed by atoms with Crippen LogP contribution in [0, 0.1) is 0 Å². The molecule has 1 aromatic rings. The fourth-order valence-corrected chi connectivity index (χ4v) is 1.91. The quantitative estimate of drug-likeness (QED) is 0.485. The highest BCUT2D eigenvalue weighted by atomic mass is 79.9. The Labute approximate surface area is 87.8 Å². The summed E-state index contributed by atoms with van der Waals surface area (Å²) in [5.41, 5.74) is 7.64. The van der Waals surface area contributed by atoms with Crippen LogP contribution in [0.1, 0.15) is 4.88 Å². The van der Waals surface area contributed by atoms with Crippen molar-refractivity contribution in [1.29, 1.82) is 0 Å². The molecule has 0 saturated heterocycles. The van der Waals surface area contributed by atoms with Crippen LogP contribution >= 0.6 is 39.5 Å². The summed E-state index contributed by atoms with van der Waals surface area (Å²) in [6, 6.07) is 3.90. The van der Waals surface area contributed by atoms with Crippen molar-refractivity contribution in [2.75, 3.05) is 0 Å². The SMILES string of the molecule is NC(=S)NN=Cc1ccc(Br)s1. The molecule has 0 atom stereocenters. The highest BCUT2D eigenvalue weighted by Crippen LogP contribution is 2.20. The van der Waals surface area contributed by atoms with Gasteiger partial charge in [0.2, 0.25) is 0 Å². The largest absolute Gasteiger partial charge is 0.375 e. The number of nitrogens with one attached hydrogen (secondary N) is 1. The maximum atomic E-state index is 5.16. The molecule has 0 fully saturated rings. The van der Waals surface area contributed by atoms with Crippen molar-refractivity contribution in [2.45, 2.75) is 0 Å². The molecule has 64 valence electrons. The summed E-state index contributed by atoms with van der Waals surface area (Å²) < 4.78 is 1.07. The van der Waals surface area contributed by atoms with Gasteiger partial charge in [0.25, 0.3) is 0 Å². The Balaban J connectivity index is 2.52. The Morgan fingerprint density at radius 2 is 2.50 bits per heavy atom. The van der Waals surface area contributed by atoms with Crippen molar-refractivity contribution >= 4 is 50.8 Å². The Morgan fingerprint density at radius 1 is 1.75 bits per heavy atom. The van der Waals surface area contributed by atoms with Crippen LogP contribution < -0.4 is 11.2 Å². The second kappa shape index (κ2) is 4.54. The summed E-state index contributed by atoms with van der Waals surface area (Å²) in [5, 5.41) is 3.97. The van der Waals surface area contributed by atoms with E-state index in [1.807, 2.05) is 12.1 Å². The third-order valence-electron chi connectivity index (χ3n) is 0.961. The van der Waals surface area contributed by atoms with Gasteiger partial charge in [-0.3, -0.25) is 5.43 Å². The summed E-state index contributed by atoms with van der Waals surface area (Å²) >= 11 is 9.48. The van der Waals surface area contributed by atoms with Crippen LogP contribution in [0.3, 0.4) is 0 Å². The Kier molecular flexibility index (Phi) is 3.64. The number of hydrogen-bond acceptors (Lipinski definition) is 3. The molecule has 6 heteroatoms. The van der Waals surface area contributed by atoms with Gasteiger partial charge in [-0.2, -0.15) is 5.10 Å². The molecule has 12 heavy (non-hydrogen) atoms. The molecule has 0 saturated carbocycles. The maximum absolute atomic E-state index is 5.16. The summed E-state index contributed by atoms with van der Waals surface area (Å²) in [7, 11) is 0. The first kappa shape index (κ1) is 9.63. The predicted octanol–water partition coefficient (Wildman–Crippen LogP) is 1.68. The van der Waals surface area contributed by atoms with Crippen LogP contribution in [-0.2, 0) is 0 Å². The maximum Gasteiger partial charge on any atom is 0.184 e. The molecule has 1 heterocycles. The Hall–Kier alpha value is -0.460. The molecule has 3 N–H and O–H groups in total. The normalized spacial score (nSPS) is 10.4. The summed E-state index contributed by atoms with van der Waals surface area (Å²) in [4.78, 5) is 1.03. The van der Waals surface area contributed by atoms with E-state index >= 15 is 0 Å². The first-order chi connectivity index (χ1) is 5.68. The van der Waals surface area contributed by atoms with Gasteiger partial charge in [0.1, 0.15) is 0 Å². The van der Waals surface area contributed by atoms with Gasteiger partial charge in [-0.15, -0.1) is 11.3 Å². The van der Waals surface area contributed by atoms with E-state index in [0.717, 1.165) is 8.66 Å². The van der Waals surface area contributed by atoms with Crippen LogP contribution in [-0.4, -0.2) is 11.3 Å². The van der Waals surface area contributed by atoms with Gasteiger partial charge in [-0.05, 0) is 40.3 Å². The molecule has 0 unspecified atom stereocenters. The zero-order valence-electron chi connectivity index (χ0n) is 5.95. The molecule has 0 aliphatic rings. The summed E-state index contributed by atoms with van der Waals surface area (Å²) in [6.45, 7) is 0. The van der Waals surface area contributed by atoms with Crippen LogP contribution in [0.25, 0.3) is 0 Å². The second-order valence-corrected chi connectivity index (χ2v) is 4.81. The highest BCUT2D eigenvalue weighted by molar-refractivity contribution is 9.11. The van der Waals surface area contributed by atoms with E-state index in [-0.39, 0.29) is 5.11 Å². The zero-order valence-corrected chi connectivity index (χ0v) is 9.17. The minimum Gasteiger partial charge on any atom is -0.375 e. The molecular formula is C6H6BrN3S2. The van der Waals surface area contributed by atoms with Crippen molar-refractivity contribution in [3.8, 4) is 0 Å². The average Bonchev–Trinajstić information content (AvgIpc) is 2.35. The van der Waals surface area contributed by atoms with Crippen molar-refractivity contribution in [3.05, 3.63) is 20.8 Å². The van der Waals surface area contributed by atoms with Crippen LogP contribution in [0.4, 0.5) is 0 Å². The molecule has 0 aromatic carbocycles. The first-order valence-electron chi connectivity index (χ1n) is 3.02. The number of thiocarbonyl (C=S) groups is 1. The lowest BCUT2D eigenvalue weighted by Crippen LogP contribution is -2.23.